The number of rotatable bonds is 3. The van der Waals surface area contributed by atoms with Crippen LogP contribution >= 0.6 is 0 Å². The lowest BCUT2D eigenvalue weighted by molar-refractivity contribution is 0.0707. The number of fused-ring (bicyclic) bond motifs is 2. The number of nitrogens with zero attached hydrogens (tertiary/aromatic N) is 2. The largest absolute Gasteiger partial charge is 0.447 e. The van der Waals surface area contributed by atoms with Crippen LogP contribution in [0.5, 0.6) is 0 Å². The van der Waals surface area contributed by atoms with Crippen LogP contribution in [0.25, 0.3) is 11.0 Å². The van der Waals surface area contributed by atoms with Gasteiger partial charge in [-0.05, 0) is 42.2 Å². The Hall–Kier alpha value is -3.19. The van der Waals surface area contributed by atoms with E-state index in [0.29, 0.717) is 35.8 Å². The van der Waals surface area contributed by atoms with E-state index in [1.165, 1.54) is 5.56 Å². The number of carbonyl (C=O) groups excluding carboxylic acids is 1. The molecule has 0 spiro atoms. The second-order valence-corrected chi connectivity index (χ2v) is 7.20. The molecule has 0 atom stereocenters. The van der Waals surface area contributed by atoms with E-state index in [-0.39, 0.29) is 5.91 Å². The standard InChI is InChI=1S/C21H21N5O2/c22-17-4-1-13-11-14(2-3-15(13)17)25-19-16-5-6-24-12-18(16)28-20(19)21(27)26-9-7-23-8-10-26/h2-3,5-6,11-12,22-23,25H,1,4,7-10H2. The van der Waals surface area contributed by atoms with Gasteiger partial charge in [-0.25, -0.2) is 0 Å². The number of pyridine rings is 1. The predicted octanol–water partition coefficient (Wildman–Crippen LogP) is 2.93. The fraction of sp³-hybridized carbons (Fsp3) is 0.286. The molecule has 3 heterocycles. The predicted molar refractivity (Wildman–Crippen MR) is 108 cm³/mol. The first-order valence-corrected chi connectivity index (χ1v) is 9.55. The molecule has 0 radical (unpaired) electrons. The van der Waals surface area contributed by atoms with Gasteiger partial charge < -0.3 is 25.4 Å². The molecule has 1 amide bonds. The smallest absolute Gasteiger partial charge is 0.291 e. The molecule has 7 nitrogen and oxygen atoms in total. The molecule has 2 aromatic heterocycles. The third-order valence-corrected chi connectivity index (χ3v) is 5.44. The van der Waals surface area contributed by atoms with Gasteiger partial charge in [0.1, 0.15) is 0 Å². The SMILES string of the molecule is N=C1CCc2cc(Nc3c(C(=O)N4CCNCC4)oc4cnccc34)ccc21. The Bertz CT molecular complexity index is 1080. The van der Waals surface area contributed by atoms with Gasteiger partial charge in [0.25, 0.3) is 5.91 Å². The highest BCUT2D eigenvalue weighted by Gasteiger charge is 2.27. The van der Waals surface area contributed by atoms with Crippen molar-refractivity contribution in [3.63, 3.8) is 0 Å². The van der Waals surface area contributed by atoms with Gasteiger partial charge in [-0.2, -0.15) is 0 Å². The van der Waals surface area contributed by atoms with Crippen molar-refractivity contribution in [1.29, 1.82) is 5.41 Å². The molecule has 7 heteroatoms. The van der Waals surface area contributed by atoms with Crippen LogP contribution < -0.4 is 10.6 Å². The second kappa shape index (κ2) is 6.76. The topological polar surface area (TPSA) is 94.2 Å². The number of amides is 1. The van der Waals surface area contributed by atoms with Gasteiger partial charge in [-0.3, -0.25) is 9.78 Å². The lowest BCUT2D eigenvalue weighted by Gasteiger charge is -2.26. The number of anilines is 2. The zero-order valence-electron chi connectivity index (χ0n) is 15.4. The summed E-state index contributed by atoms with van der Waals surface area (Å²) in [6.45, 7) is 2.89. The zero-order chi connectivity index (χ0) is 19.1. The van der Waals surface area contributed by atoms with Gasteiger partial charge in [0.15, 0.2) is 5.58 Å². The first-order valence-electron chi connectivity index (χ1n) is 9.55. The minimum Gasteiger partial charge on any atom is -0.447 e. The number of carbonyl (C=O) groups is 1. The fourth-order valence-electron chi connectivity index (χ4n) is 3.95. The van der Waals surface area contributed by atoms with Crippen molar-refractivity contribution in [2.24, 2.45) is 0 Å². The summed E-state index contributed by atoms with van der Waals surface area (Å²) in [7, 11) is 0. The highest BCUT2D eigenvalue weighted by Crippen LogP contribution is 2.35. The Kier molecular flexibility index (Phi) is 4.09. The van der Waals surface area contributed by atoms with Crippen molar-refractivity contribution in [3.8, 4) is 0 Å². The Labute approximate surface area is 162 Å². The number of furan rings is 1. The quantitative estimate of drug-likeness (QED) is 0.654. The molecule has 1 fully saturated rings. The molecule has 28 heavy (non-hydrogen) atoms. The number of benzene rings is 1. The van der Waals surface area contributed by atoms with E-state index in [2.05, 4.69) is 21.7 Å². The fourth-order valence-corrected chi connectivity index (χ4v) is 3.95. The number of aryl methyl sites for hydroxylation is 1. The van der Waals surface area contributed by atoms with Crippen LogP contribution in [0.2, 0.25) is 0 Å². The van der Waals surface area contributed by atoms with E-state index in [1.54, 1.807) is 12.4 Å². The maximum atomic E-state index is 13.1. The second-order valence-electron chi connectivity index (χ2n) is 7.20. The van der Waals surface area contributed by atoms with Gasteiger partial charge in [-0.1, -0.05) is 6.07 Å². The normalized spacial score (nSPS) is 16.4. The minimum absolute atomic E-state index is 0.108. The van der Waals surface area contributed by atoms with E-state index < -0.39 is 0 Å². The average molecular weight is 375 g/mol. The number of nitrogens with one attached hydrogen (secondary N) is 3. The lowest BCUT2D eigenvalue weighted by Crippen LogP contribution is -2.46. The Balaban J connectivity index is 1.54. The van der Waals surface area contributed by atoms with Gasteiger partial charge in [0, 0.05) is 49.2 Å². The van der Waals surface area contributed by atoms with Gasteiger partial charge >= 0.3 is 0 Å². The van der Waals surface area contributed by atoms with Crippen LogP contribution in [0.1, 0.15) is 28.1 Å². The molecule has 2 aliphatic rings. The molecule has 3 aromatic rings. The maximum absolute atomic E-state index is 13.1. The van der Waals surface area contributed by atoms with Crippen LogP contribution in [-0.2, 0) is 6.42 Å². The zero-order valence-corrected chi connectivity index (χ0v) is 15.4. The molecule has 1 aliphatic heterocycles. The highest BCUT2D eigenvalue weighted by atomic mass is 16.3. The van der Waals surface area contributed by atoms with E-state index >= 15 is 0 Å². The van der Waals surface area contributed by atoms with E-state index in [4.69, 9.17) is 9.83 Å². The Morgan fingerprint density at radius 2 is 2.07 bits per heavy atom. The lowest BCUT2D eigenvalue weighted by atomic mass is 10.1. The van der Waals surface area contributed by atoms with Gasteiger partial charge in [0.05, 0.1) is 11.9 Å². The summed E-state index contributed by atoms with van der Waals surface area (Å²) in [5.41, 5.74) is 5.03. The van der Waals surface area contributed by atoms with Crippen molar-refractivity contribution < 1.29 is 9.21 Å². The van der Waals surface area contributed by atoms with Crippen molar-refractivity contribution in [2.75, 3.05) is 31.5 Å². The molecule has 142 valence electrons. The van der Waals surface area contributed by atoms with E-state index in [0.717, 1.165) is 42.6 Å². The number of piperazine rings is 1. The van der Waals surface area contributed by atoms with Crippen LogP contribution in [0.3, 0.4) is 0 Å². The van der Waals surface area contributed by atoms with Crippen molar-refractivity contribution >= 4 is 34.0 Å². The van der Waals surface area contributed by atoms with Crippen molar-refractivity contribution in [2.45, 2.75) is 12.8 Å². The third-order valence-electron chi connectivity index (χ3n) is 5.44. The summed E-state index contributed by atoms with van der Waals surface area (Å²) in [5.74, 6) is 0.210. The molecule has 0 saturated carbocycles. The molecular formula is C21H21N5O2. The van der Waals surface area contributed by atoms with Crippen molar-refractivity contribution in [3.05, 3.63) is 53.5 Å². The molecule has 1 saturated heterocycles. The van der Waals surface area contributed by atoms with Gasteiger partial charge in [-0.15, -0.1) is 0 Å². The number of hydrogen-bond donors (Lipinski definition) is 3. The average Bonchev–Trinajstić information content (AvgIpc) is 3.29. The maximum Gasteiger partial charge on any atom is 0.291 e. The highest BCUT2D eigenvalue weighted by molar-refractivity contribution is 6.07. The first kappa shape index (κ1) is 16.9. The molecular weight excluding hydrogens is 354 g/mol. The molecule has 5 rings (SSSR count). The summed E-state index contributed by atoms with van der Waals surface area (Å²) >= 11 is 0. The Morgan fingerprint density at radius 3 is 2.93 bits per heavy atom. The minimum atomic E-state index is -0.108. The van der Waals surface area contributed by atoms with Crippen LogP contribution in [-0.4, -0.2) is 47.7 Å². The monoisotopic (exact) mass is 375 g/mol. The van der Waals surface area contributed by atoms with Crippen LogP contribution in [0.15, 0.2) is 41.1 Å². The van der Waals surface area contributed by atoms with E-state index in [9.17, 15) is 4.79 Å². The molecule has 3 N–H and O–H groups in total. The van der Waals surface area contributed by atoms with Gasteiger partial charge in [0.2, 0.25) is 5.76 Å². The van der Waals surface area contributed by atoms with Crippen LogP contribution in [0, 0.1) is 5.41 Å². The third kappa shape index (κ3) is 2.84. The summed E-state index contributed by atoms with van der Waals surface area (Å²) in [5, 5.41) is 15.5. The molecule has 0 unspecified atom stereocenters. The summed E-state index contributed by atoms with van der Waals surface area (Å²) in [4.78, 5) is 19.1. The summed E-state index contributed by atoms with van der Waals surface area (Å²) < 4.78 is 5.93. The summed E-state index contributed by atoms with van der Waals surface area (Å²) in [6.07, 6.45) is 5.00. The Morgan fingerprint density at radius 1 is 1.21 bits per heavy atom. The number of hydrogen-bond acceptors (Lipinski definition) is 6. The molecule has 0 bridgehead atoms. The summed E-state index contributed by atoms with van der Waals surface area (Å²) in [6, 6.07) is 7.86. The number of aromatic nitrogens is 1. The molecule has 1 aromatic carbocycles. The first-order chi connectivity index (χ1) is 13.7. The van der Waals surface area contributed by atoms with Crippen molar-refractivity contribution in [1.82, 2.24) is 15.2 Å². The van der Waals surface area contributed by atoms with Crippen LogP contribution in [0.4, 0.5) is 11.4 Å². The molecule has 1 aliphatic carbocycles. The van der Waals surface area contributed by atoms with E-state index in [1.807, 2.05) is 23.1 Å².